The van der Waals surface area contributed by atoms with Crippen molar-refractivity contribution in [1.29, 1.82) is 0 Å². The smallest absolute Gasteiger partial charge is 0.305 e. The van der Waals surface area contributed by atoms with Crippen molar-refractivity contribution < 1.29 is 62.6 Å². The molecule has 11 atom stereocenters. The molecular formula is C51H87N15O13S. The van der Waals surface area contributed by atoms with E-state index >= 15 is 0 Å². The van der Waals surface area contributed by atoms with Gasteiger partial charge < -0.3 is 80.4 Å². The molecule has 0 radical (unpaired) electrons. The molecule has 3 aliphatic rings. The topological polar surface area (TPSA) is 444 Å². The molecule has 3 saturated heterocycles. The fourth-order valence-electron chi connectivity index (χ4n) is 9.66. The minimum atomic E-state index is -1.81. The van der Waals surface area contributed by atoms with Gasteiger partial charge in [-0.2, -0.15) is 11.8 Å². The lowest BCUT2D eigenvalue weighted by atomic mass is 9.95. The molecule has 0 aromatic heterocycles. The van der Waals surface area contributed by atoms with Gasteiger partial charge in [-0.15, -0.1) is 0 Å². The van der Waals surface area contributed by atoms with Crippen LogP contribution in [0.2, 0.25) is 0 Å². The predicted molar refractivity (Wildman–Crippen MR) is 296 cm³/mol. The first-order valence-electron chi connectivity index (χ1n) is 27.4. The molecule has 0 saturated carbocycles. The summed E-state index contributed by atoms with van der Waals surface area (Å²) in [5.74, 6) is -11.7. The Morgan fingerprint density at radius 1 is 0.762 bits per heavy atom. The van der Waals surface area contributed by atoms with Crippen LogP contribution in [0.25, 0.3) is 0 Å². The van der Waals surface area contributed by atoms with Gasteiger partial charge in [0, 0.05) is 25.4 Å². The fraction of sp³-hybridized carbons (Fsp3) is 0.745. The number of nitrogens with one attached hydrogen (secondary N) is 8. The molecule has 0 unspecified atom stereocenters. The number of carbonyl (C=O) groups is 12. The Kier molecular flexibility index (Phi) is 26.9. The Hall–Kier alpha value is -6.78. The molecule has 3 fully saturated rings. The predicted octanol–water partition coefficient (Wildman–Crippen LogP) is -3.50. The van der Waals surface area contributed by atoms with Crippen LogP contribution in [0.5, 0.6) is 0 Å². The van der Waals surface area contributed by atoms with E-state index in [9.17, 15) is 62.6 Å². The van der Waals surface area contributed by atoms with Gasteiger partial charge in [-0.1, -0.05) is 48.0 Å². The Labute approximate surface area is 471 Å². The number of carboxylic acid groups (broad SMARTS) is 1. The molecule has 450 valence electrons. The van der Waals surface area contributed by atoms with Crippen molar-refractivity contribution in [2.45, 2.75) is 186 Å². The van der Waals surface area contributed by atoms with E-state index < -0.39 is 143 Å². The highest BCUT2D eigenvalue weighted by Crippen LogP contribution is 2.30. The van der Waals surface area contributed by atoms with E-state index in [1.54, 1.807) is 13.8 Å². The normalized spacial score (nSPS) is 28.1. The zero-order valence-corrected chi connectivity index (χ0v) is 48.2. The van der Waals surface area contributed by atoms with Gasteiger partial charge in [-0.3, -0.25) is 62.5 Å². The van der Waals surface area contributed by atoms with E-state index in [-0.39, 0.29) is 100 Å². The number of likely N-dealkylation sites (tertiary alicyclic amines) is 1. The summed E-state index contributed by atoms with van der Waals surface area (Å²) in [4.78, 5) is 172. The van der Waals surface area contributed by atoms with E-state index in [4.69, 9.17) is 22.9 Å². The first kappa shape index (κ1) is 67.5. The molecule has 0 bridgehead atoms. The zero-order chi connectivity index (χ0) is 60.2. The van der Waals surface area contributed by atoms with Crippen LogP contribution in [0.4, 0.5) is 0 Å². The van der Waals surface area contributed by atoms with Gasteiger partial charge in [0.1, 0.15) is 59.9 Å². The number of nitrogens with two attached hydrogens (primary N) is 4. The maximum Gasteiger partial charge on any atom is 0.305 e. The van der Waals surface area contributed by atoms with Crippen molar-refractivity contribution in [3.8, 4) is 0 Å². The Bertz CT molecular complexity index is 2290. The van der Waals surface area contributed by atoms with Crippen molar-refractivity contribution in [3.63, 3.8) is 0 Å². The van der Waals surface area contributed by atoms with Crippen LogP contribution in [-0.4, -0.2) is 189 Å². The molecule has 3 rings (SSSR count). The summed E-state index contributed by atoms with van der Waals surface area (Å²) >= 11 is 1.04. The molecule has 0 spiro atoms. The minimum Gasteiger partial charge on any atom is -0.481 e. The number of hydrogen-bond donors (Lipinski definition) is 13. The summed E-state index contributed by atoms with van der Waals surface area (Å²) in [6.07, 6.45) is 0.476. The van der Waals surface area contributed by atoms with E-state index in [1.165, 1.54) is 23.6 Å². The number of aliphatic carboxylic acids is 1. The summed E-state index contributed by atoms with van der Waals surface area (Å²) < 4.78 is 0. The van der Waals surface area contributed by atoms with Crippen molar-refractivity contribution in [1.82, 2.24) is 52.3 Å². The Morgan fingerprint density at radius 3 is 1.93 bits per heavy atom. The molecule has 0 aliphatic carbocycles. The Morgan fingerprint density at radius 2 is 1.35 bits per heavy atom. The Balaban J connectivity index is 2.17. The van der Waals surface area contributed by atoms with Crippen molar-refractivity contribution in [3.05, 3.63) is 0 Å². The quantitative estimate of drug-likeness (QED) is 0.0405. The zero-order valence-electron chi connectivity index (χ0n) is 47.4. The first-order valence-corrected chi connectivity index (χ1v) is 28.6. The molecule has 80 heavy (non-hydrogen) atoms. The van der Waals surface area contributed by atoms with Crippen LogP contribution in [0.1, 0.15) is 126 Å². The molecule has 3 heterocycles. The van der Waals surface area contributed by atoms with E-state index in [0.717, 1.165) is 11.8 Å². The van der Waals surface area contributed by atoms with Gasteiger partial charge in [-0.05, 0) is 95.1 Å². The highest BCUT2D eigenvalue weighted by atomic mass is 32.2. The standard InChI is InChI=1S/C51H87N15O13S/c1-9-28(6)39-47(77)61-33(22-27(4)5)44(74)60-32(21-26(2)3)43(73)57-29(7)48(78)66-19-12-16-51(66,8)49(79)63-34(23-38(68)69)45(75)58-30(13-10-17-56-50(54)55)41(71)62-35(40(53)70)25-80-20-15-31(42(72)64-39)59-46(76)36-14-11-18-65(36)37(67)24-52/h26-36,39H,9-25,52H2,1-8H3,(H2,53,70)(H,57,73)(H,58,75)(H,59,76)(H,60,74)(H,61,77)(H,62,71)(H,63,79)(H,64,72)(H,68,69)(H4,54,55,56)/t28-,29-,30-,31-,32-,33-,34-,35-,36-,39-,51-/m0/s1. The molecule has 0 aromatic rings. The number of rotatable bonds is 16. The third kappa shape index (κ3) is 20.1. The van der Waals surface area contributed by atoms with Gasteiger partial charge in [0.2, 0.25) is 65.0 Å². The van der Waals surface area contributed by atoms with Crippen LogP contribution in [-0.2, 0) is 57.5 Å². The fourth-order valence-corrected chi connectivity index (χ4v) is 10.7. The number of fused-ring (bicyclic) bond motifs is 1. The number of guanidine groups is 1. The summed E-state index contributed by atoms with van der Waals surface area (Å²) in [7, 11) is 0. The van der Waals surface area contributed by atoms with Gasteiger partial charge >= 0.3 is 5.97 Å². The first-order chi connectivity index (χ1) is 37.5. The maximum absolute atomic E-state index is 14.5. The average Bonchev–Trinajstić information content (AvgIpc) is 4.06. The molecule has 28 nitrogen and oxygen atoms in total. The van der Waals surface area contributed by atoms with Crippen molar-refractivity contribution >= 4 is 88.7 Å². The average molecular weight is 1150 g/mol. The van der Waals surface area contributed by atoms with Crippen molar-refractivity contribution in [2.75, 3.05) is 37.7 Å². The lowest BCUT2D eigenvalue weighted by Crippen LogP contribution is -2.63. The van der Waals surface area contributed by atoms with E-state index in [2.05, 4.69) is 47.5 Å². The SMILES string of the molecule is CC[C@H](C)[C@@H]1NC(=O)[C@@H](NC(=O)[C@@H]2CCCN2C(=O)CN)CCSC[C@@H](C(N)=O)NC(=O)[C@H](CCCN=C(N)N)NC(=O)[C@H](CC(=O)O)NC(=O)[C@]2(C)CCCN2C(=O)[C@H](C)NC(=O)[C@H](CC(C)C)NC(=O)[C@H](CC(C)C)NC1=O. The number of thioether (sulfide) groups is 1. The van der Waals surface area contributed by atoms with Gasteiger partial charge in [0.25, 0.3) is 0 Å². The van der Waals surface area contributed by atoms with Gasteiger partial charge in [0.05, 0.1) is 13.0 Å². The number of carboxylic acids is 1. The second-order valence-corrected chi connectivity index (χ2v) is 23.0. The van der Waals surface area contributed by atoms with Gasteiger partial charge in [0.15, 0.2) is 5.96 Å². The van der Waals surface area contributed by atoms with Gasteiger partial charge in [-0.25, -0.2) is 0 Å². The van der Waals surface area contributed by atoms with Crippen LogP contribution in [0, 0.1) is 17.8 Å². The van der Waals surface area contributed by atoms with Crippen molar-refractivity contribution in [2.24, 2.45) is 45.7 Å². The number of carbonyl (C=O) groups excluding carboxylic acids is 11. The molecule has 3 aliphatic heterocycles. The van der Waals surface area contributed by atoms with Crippen LogP contribution < -0.4 is 65.5 Å². The highest BCUT2D eigenvalue weighted by Gasteiger charge is 2.48. The number of hydrogen-bond acceptors (Lipinski definition) is 15. The molecule has 29 heteroatoms. The lowest BCUT2D eigenvalue weighted by Gasteiger charge is -2.37. The molecular weight excluding hydrogens is 1060 g/mol. The second-order valence-electron chi connectivity index (χ2n) is 21.8. The highest BCUT2D eigenvalue weighted by molar-refractivity contribution is 7.99. The van der Waals surface area contributed by atoms with Crippen LogP contribution in [0.3, 0.4) is 0 Å². The summed E-state index contributed by atoms with van der Waals surface area (Å²) in [5.41, 5.74) is 20.7. The summed E-state index contributed by atoms with van der Waals surface area (Å²) in [5, 5.41) is 31.1. The third-order valence-corrected chi connectivity index (χ3v) is 15.4. The maximum atomic E-state index is 14.5. The van der Waals surface area contributed by atoms with E-state index in [0.29, 0.717) is 19.3 Å². The van der Waals surface area contributed by atoms with Crippen LogP contribution in [0.15, 0.2) is 4.99 Å². The van der Waals surface area contributed by atoms with E-state index in [1.807, 2.05) is 27.7 Å². The van der Waals surface area contributed by atoms with Crippen LogP contribution >= 0.6 is 11.8 Å². The minimum absolute atomic E-state index is 0.0185. The number of amides is 11. The monoisotopic (exact) mass is 1150 g/mol. The molecule has 0 aromatic carbocycles. The number of aliphatic imine (C=N–C) groups is 1. The number of primary amides is 1. The lowest BCUT2D eigenvalue weighted by molar-refractivity contribution is -0.148. The molecule has 17 N–H and O–H groups in total. The largest absolute Gasteiger partial charge is 0.481 e. The number of nitrogens with zero attached hydrogens (tertiary/aromatic N) is 3. The second kappa shape index (κ2) is 31.9. The molecule has 11 amide bonds. The summed E-state index contributed by atoms with van der Waals surface area (Å²) in [6, 6.07) is -12.1. The third-order valence-electron chi connectivity index (χ3n) is 14.4. The summed E-state index contributed by atoms with van der Waals surface area (Å²) in [6.45, 7) is 13.5.